The molecule has 0 radical (unpaired) electrons. The van der Waals surface area contributed by atoms with E-state index in [4.69, 9.17) is 16.3 Å². The van der Waals surface area contributed by atoms with E-state index in [9.17, 15) is 4.39 Å². The number of rotatable bonds is 8. The lowest BCUT2D eigenvalue weighted by molar-refractivity contribution is 0.357. The number of benzene rings is 3. The van der Waals surface area contributed by atoms with Gasteiger partial charge < -0.3 is 4.74 Å². The summed E-state index contributed by atoms with van der Waals surface area (Å²) in [6, 6.07) is 23.1. The Balaban J connectivity index is 1.89. The molecule has 0 spiro atoms. The fourth-order valence-corrected chi connectivity index (χ4v) is 3.99. The van der Waals surface area contributed by atoms with Gasteiger partial charge in [-0.1, -0.05) is 73.1 Å². The third-order valence-electron chi connectivity index (χ3n) is 5.57. The summed E-state index contributed by atoms with van der Waals surface area (Å²) >= 11 is 6.38. The van der Waals surface area contributed by atoms with Crippen molar-refractivity contribution in [1.82, 2.24) is 0 Å². The highest BCUT2D eigenvalue weighted by Crippen LogP contribution is 2.39. The normalized spacial score (nSPS) is 13.1. The van der Waals surface area contributed by atoms with Gasteiger partial charge in [0, 0.05) is 10.6 Å². The molecule has 3 aromatic carbocycles. The van der Waals surface area contributed by atoms with Gasteiger partial charge in [0.25, 0.3) is 0 Å². The fraction of sp³-hybridized carbons (Fsp3) is 0.280. The molecule has 1 unspecified atom stereocenters. The number of para-hydroxylation sites is 1. The van der Waals surface area contributed by atoms with E-state index in [2.05, 4.69) is 19.1 Å². The van der Waals surface area contributed by atoms with Gasteiger partial charge in [0.2, 0.25) is 0 Å². The second-order valence-electron chi connectivity index (χ2n) is 7.44. The van der Waals surface area contributed by atoms with E-state index < -0.39 is 0 Å². The molecule has 1 nitrogen and oxygen atoms in total. The zero-order valence-electron chi connectivity index (χ0n) is 16.4. The molecule has 0 aliphatic rings. The average Bonchev–Trinajstić information content (AvgIpc) is 2.72. The van der Waals surface area contributed by atoms with Crippen LogP contribution >= 0.6 is 11.6 Å². The summed E-state index contributed by atoms with van der Waals surface area (Å²) in [6.45, 7) is 2.24. The van der Waals surface area contributed by atoms with E-state index in [1.165, 1.54) is 6.07 Å². The number of aryl methyl sites for hydroxylation is 2. The Bertz CT molecular complexity index is 872. The highest BCUT2D eigenvalue weighted by atomic mass is 35.5. The van der Waals surface area contributed by atoms with Gasteiger partial charge in [-0.3, -0.25) is 0 Å². The largest absolute Gasteiger partial charge is 0.496 e. The fourth-order valence-electron chi connectivity index (χ4n) is 3.76. The minimum Gasteiger partial charge on any atom is -0.496 e. The first-order valence-electron chi connectivity index (χ1n) is 9.64. The van der Waals surface area contributed by atoms with E-state index in [0.29, 0.717) is 6.42 Å². The van der Waals surface area contributed by atoms with Crippen molar-refractivity contribution in [2.75, 3.05) is 7.11 Å². The monoisotopic (exact) mass is 396 g/mol. The van der Waals surface area contributed by atoms with Crippen LogP contribution in [0.1, 0.15) is 36.5 Å². The third kappa shape index (κ3) is 4.74. The van der Waals surface area contributed by atoms with E-state index in [1.54, 1.807) is 13.2 Å². The lowest BCUT2D eigenvalue weighted by Crippen LogP contribution is -2.25. The zero-order chi connectivity index (χ0) is 20.0. The van der Waals surface area contributed by atoms with Gasteiger partial charge in [0.15, 0.2) is 0 Å². The Kier molecular flexibility index (Phi) is 6.74. The summed E-state index contributed by atoms with van der Waals surface area (Å²) in [5.74, 6) is 0.730. The van der Waals surface area contributed by atoms with Gasteiger partial charge in [0.05, 0.1) is 7.11 Å². The minimum absolute atomic E-state index is 0.143. The highest BCUT2D eigenvalue weighted by Gasteiger charge is 2.29. The van der Waals surface area contributed by atoms with Crippen molar-refractivity contribution in [3.8, 4) is 5.75 Å². The zero-order valence-corrected chi connectivity index (χ0v) is 17.2. The molecule has 3 aromatic rings. The number of ether oxygens (including phenoxy) is 1. The van der Waals surface area contributed by atoms with Crippen LogP contribution in [0.2, 0.25) is 5.02 Å². The first-order chi connectivity index (χ1) is 13.5. The molecule has 0 aliphatic heterocycles. The van der Waals surface area contributed by atoms with Crippen molar-refractivity contribution < 1.29 is 9.13 Å². The molecule has 0 aliphatic carbocycles. The third-order valence-corrected chi connectivity index (χ3v) is 5.93. The van der Waals surface area contributed by atoms with Crippen LogP contribution in [-0.4, -0.2) is 7.11 Å². The van der Waals surface area contributed by atoms with E-state index in [0.717, 1.165) is 46.7 Å². The summed E-state index contributed by atoms with van der Waals surface area (Å²) in [4.78, 5) is 0. The minimum atomic E-state index is -0.173. The second kappa shape index (κ2) is 9.25. The summed E-state index contributed by atoms with van der Waals surface area (Å²) < 4.78 is 19.8. The predicted molar refractivity (Wildman–Crippen MR) is 115 cm³/mol. The van der Waals surface area contributed by atoms with Crippen LogP contribution in [0.15, 0.2) is 72.8 Å². The first kappa shape index (κ1) is 20.4. The first-order valence-corrected chi connectivity index (χ1v) is 10.0. The molecule has 0 saturated carbocycles. The molecular formula is C25H26ClFO. The molecule has 0 bridgehead atoms. The smallest absolute Gasteiger partial charge is 0.126 e. The standard InChI is InChI=1S/C25H26ClFO/c1-25(21-11-5-8-14-24(21)28-2,17-15-19-9-3-6-12-22(19)26)18-16-20-10-4-7-13-23(20)27/h3-14H,15-18H2,1-2H3. The van der Waals surface area contributed by atoms with Crippen LogP contribution in [0.3, 0.4) is 0 Å². The molecule has 1 atom stereocenters. The highest BCUT2D eigenvalue weighted by molar-refractivity contribution is 6.31. The van der Waals surface area contributed by atoms with Crippen molar-refractivity contribution in [2.24, 2.45) is 0 Å². The molecular weight excluding hydrogens is 371 g/mol. The van der Waals surface area contributed by atoms with Gasteiger partial charge in [-0.25, -0.2) is 4.39 Å². The quantitative estimate of drug-likeness (QED) is 0.397. The van der Waals surface area contributed by atoms with Crippen molar-refractivity contribution in [3.05, 3.63) is 100 Å². The van der Waals surface area contributed by atoms with Crippen molar-refractivity contribution in [2.45, 2.75) is 38.0 Å². The molecule has 0 aromatic heterocycles. The van der Waals surface area contributed by atoms with E-state index in [-0.39, 0.29) is 11.2 Å². The SMILES string of the molecule is COc1ccccc1C(C)(CCc1ccccc1F)CCc1ccccc1Cl. The molecule has 0 saturated heterocycles. The summed E-state index contributed by atoms with van der Waals surface area (Å²) in [5, 5.41) is 0.791. The van der Waals surface area contributed by atoms with E-state index in [1.807, 2.05) is 48.5 Å². The van der Waals surface area contributed by atoms with Gasteiger partial charge in [-0.15, -0.1) is 0 Å². The summed E-state index contributed by atoms with van der Waals surface area (Å²) in [7, 11) is 1.70. The Labute approximate surface area is 172 Å². The molecule has 3 heteroatoms. The molecule has 0 heterocycles. The van der Waals surface area contributed by atoms with Gasteiger partial charge in [0.1, 0.15) is 11.6 Å². The van der Waals surface area contributed by atoms with Gasteiger partial charge >= 0.3 is 0 Å². The molecule has 3 rings (SSSR count). The number of hydrogen-bond acceptors (Lipinski definition) is 1. The van der Waals surface area contributed by atoms with Gasteiger partial charge in [-0.05, 0) is 60.4 Å². The molecule has 0 fully saturated rings. The van der Waals surface area contributed by atoms with Crippen LogP contribution in [-0.2, 0) is 18.3 Å². The second-order valence-corrected chi connectivity index (χ2v) is 7.85. The van der Waals surface area contributed by atoms with Crippen LogP contribution in [0.5, 0.6) is 5.75 Å². The summed E-state index contributed by atoms with van der Waals surface area (Å²) in [5.41, 5.74) is 2.87. The average molecular weight is 397 g/mol. The molecule has 28 heavy (non-hydrogen) atoms. The lowest BCUT2D eigenvalue weighted by atomic mass is 9.73. The Morgan fingerprint density at radius 3 is 2.07 bits per heavy atom. The maximum Gasteiger partial charge on any atom is 0.126 e. The van der Waals surface area contributed by atoms with Crippen LogP contribution in [0.25, 0.3) is 0 Å². The van der Waals surface area contributed by atoms with E-state index >= 15 is 0 Å². The lowest BCUT2D eigenvalue weighted by Gasteiger charge is -2.32. The summed E-state index contributed by atoms with van der Waals surface area (Å²) in [6.07, 6.45) is 3.24. The van der Waals surface area contributed by atoms with Crippen LogP contribution in [0, 0.1) is 5.82 Å². The van der Waals surface area contributed by atoms with Crippen molar-refractivity contribution in [3.63, 3.8) is 0 Å². The molecule has 0 amide bonds. The van der Waals surface area contributed by atoms with Crippen LogP contribution < -0.4 is 4.74 Å². The van der Waals surface area contributed by atoms with Gasteiger partial charge in [-0.2, -0.15) is 0 Å². The maximum absolute atomic E-state index is 14.2. The van der Waals surface area contributed by atoms with Crippen molar-refractivity contribution >= 4 is 11.6 Å². The predicted octanol–water partition coefficient (Wildman–Crippen LogP) is 7.01. The number of halogens is 2. The number of methoxy groups -OCH3 is 1. The Morgan fingerprint density at radius 1 is 0.821 bits per heavy atom. The maximum atomic E-state index is 14.2. The molecule has 0 N–H and O–H groups in total. The molecule has 146 valence electrons. The Hall–Kier alpha value is -2.32. The Morgan fingerprint density at radius 2 is 1.39 bits per heavy atom. The topological polar surface area (TPSA) is 9.23 Å². The van der Waals surface area contributed by atoms with Crippen LogP contribution in [0.4, 0.5) is 4.39 Å². The number of hydrogen-bond donors (Lipinski definition) is 0. The van der Waals surface area contributed by atoms with Crippen molar-refractivity contribution in [1.29, 1.82) is 0 Å².